The molecular weight excluding hydrogens is 246 g/mol. The smallest absolute Gasteiger partial charge is 0.214 e. The fourth-order valence-electron chi connectivity index (χ4n) is 1.66. The Kier molecular flexibility index (Phi) is 2.60. The third kappa shape index (κ3) is 1.89. The molecule has 0 fully saturated rings. The lowest BCUT2D eigenvalue weighted by Gasteiger charge is -1.95. The van der Waals surface area contributed by atoms with Gasteiger partial charge in [-0.2, -0.15) is 0 Å². The number of hydrogen-bond donors (Lipinski definition) is 1. The molecule has 1 aromatic carbocycles. The zero-order chi connectivity index (χ0) is 12.5. The summed E-state index contributed by atoms with van der Waals surface area (Å²) in [5, 5.41) is 0.936. The Hall–Kier alpha value is -2.14. The Labute approximate surface area is 108 Å². The number of aromatic nitrogens is 2. The summed E-state index contributed by atoms with van der Waals surface area (Å²) in [5.41, 5.74) is 8.35. The number of nitrogen functional groups attached to an aromatic ring is 1. The van der Waals surface area contributed by atoms with E-state index >= 15 is 0 Å². The van der Waals surface area contributed by atoms with Crippen LogP contribution in [0.2, 0.25) is 0 Å². The molecule has 4 nitrogen and oxygen atoms in total. The van der Waals surface area contributed by atoms with E-state index in [0.717, 1.165) is 26.6 Å². The fraction of sp³-hybridized carbons (Fsp3) is 0.0769. The van der Waals surface area contributed by atoms with Crippen LogP contribution in [0.1, 0.15) is 0 Å². The van der Waals surface area contributed by atoms with E-state index in [-0.39, 0.29) is 0 Å². The largest absolute Gasteiger partial charge is 0.481 e. The maximum absolute atomic E-state index is 5.67. The lowest BCUT2D eigenvalue weighted by atomic mass is 10.2. The van der Waals surface area contributed by atoms with Crippen molar-refractivity contribution in [2.45, 2.75) is 0 Å². The number of fused-ring (bicyclic) bond motifs is 1. The number of nitrogens with two attached hydrogens (primary N) is 1. The van der Waals surface area contributed by atoms with Gasteiger partial charge in [0.25, 0.3) is 0 Å². The summed E-state index contributed by atoms with van der Waals surface area (Å²) in [6, 6.07) is 11.4. The van der Waals surface area contributed by atoms with Crippen molar-refractivity contribution in [3.63, 3.8) is 0 Å². The molecule has 0 radical (unpaired) electrons. The summed E-state index contributed by atoms with van der Waals surface area (Å²) < 4.78 is 5.10. The van der Waals surface area contributed by atoms with Crippen molar-refractivity contribution in [2.75, 3.05) is 12.8 Å². The summed E-state index contributed by atoms with van der Waals surface area (Å²) in [5.74, 6) is 0.606. The highest BCUT2D eigenvalue weighted by atomic mass is 32.1. The Morgan fingerprint density at radius 1 is 1.06 bits per heavy atom. The molecule has 2 heterocycles. The van der Waals surface area contributed by atoms with Crippen molar-refractivity contribution < 1.29 is 4.74 Å². The predicted octanol–water partition coefficient (Wildman–Crippen LogP) is 2.95. The summed E-state index contributed by atoms with van der Waals surface area (Å²) in [4.78, 5) is 9.79. The second-order valence-corrected chi connectivity index (χ2v) is 4.80. The van der Waals surface area contributed by atoms with Crippen molar-refractivity contribution in [1.29, 1.82) is 0 Å². The highest BCUT2D eigenvalue weighted by molar-refractivity contribution is 7.21. The molecule has 0 aliphatic heterocycles. The number of anilines is 1. The minimum absolute atomic E-state index is 0.606. The molecule has 90 valence electrons. The Morgan fingerprint density at radius 3 is 2.56 bits per heavy atom. The van der Waals surface area contributed by atoms with Crippen molar-refractivity contribution >= 4 is 27.4 Å². The van der Waals surface area contributed by atoms with Crippen LogP contribution in [-0.2, 0) is 0 Å². The molecule has 18 heavy (non-hydrogen) atoms. The van der Waals surface area contributed by atoms with Gasteiger partial charge in [-0.3, -0.25) is 0 Å². The van der Waals surface area contributed by atoms with Crippen molar-refractivity contribution in [3.05, 3.63) is 36.4 Å². The van der Waals surface area contributed by atoms with Gasteiger partial charge < -0.3 is 10.5 Å². The van der Waals surface area contributed by atoms with Gasteiger partial charge in [0.2, 0.25) is 5.88 Å². The molecule has 5 heteroatoms. The van der Waals surface area contributed by atoms with Gasteiger partial charge in [0, 0.05) is 17.3 Å². The number of nitrogens with zero attached hydrogens (tertiary/aromatic N) is 2. The number of pyridine rings is 1. The van der Waals surface area contributed by atoms with E-state index in [2.05, 4.69) is 9.97 Å². The van der Waals surface area contributed by atoms with Crippen LogP contribution < -0.4 is 10.5 Å². The number of rotatable bonds is 2. The molecule has 0 atom stereocenters. The third-order valence-corrected chi connectivity index (χ3v) is 3.61. The molecule has 2 aromatic heterocycles. The SMILES string of the molecule is COc1ccc2nc(-c3ccc(N)cc3)sc2n1. The second kappa shape index (κ2) is 4.27. The zero-order valence-electron chi connectivity index (χ0n) is 9.75. The Morgan fingerprint density at radius 2 is 1.83 bits per heavy atom. The average molecular weight is 257 g/mol. The van der Waals surface area contributed by atoms with Gasteiger partial charge in [0.15, 0.2) is 0 Å². The van der Waals surface area contributed by atoms with E-state index in [9.17, 15) is 0 Å². The van der Waals surface area contributed by atoms with Gasteiger partial charge in [-0.1, -0.05) is 11.3 Å². The molecular formula is C13H11N3OS. The molecule has 3 aromatic rings. The summed E-state index contributed by atoms with van der Waals surface area (Å²) in [6.07, 6.45) is 0. The van der Waals surface area contributed by atoms with Crippen molar-refractivity contribution in [2.24, 2.45) is 0 Å². The molecule has 0 bridgehead atoms. The topological polar surface area (TPSA) is 61.0 Å². The molecule has 3 rings (SSSR count). The van der Waals surface area contributed by atoms with E-state index in [4.69, 9.17) is 10.5 Å². The molecule has 0 saturated carbocycles. The summed E-state index contributed by atoms with van der Waals surface area (Å²) in [7, 11) is 1.61. The lowest BCUT2D eigenvalue weighted by molar-refractivity contribution is 0.400. The van der Waals surface area contributed by atoms with Crippen LogP contribution in [0.5, 0.6) is 5.88 Å². The van der Waals surface area contributed by atoms with Gasteiger partial charge in [-0.15, -0.1) is 0 Å². The van der Waals surface area contributed by atoms with Crippen LogP contribution in [0, 0.1) is 0 Å². The number of benzene rings is 1. The number of methoxy groups -OCH3 is 1. The first-order chi connectivity index (χ1) is 8.76. The van der Waals surface area contributed by atoms with Gasteiger partial charge in [0.1, 0.15) is 15.4 Å². The van der Waals surface area contributed by atoms with E-state index in [1.165, 1.54) is 0 Å². The van der Waals surface area contributed by atoms with Crippen LogP contribution in [0.4, 0.5) is 5.69 Å². The Balaban J connectivity index is 2.10. The monoisotopic (exact) mass is 257 g/mol. The van der Waals surface area contributed by atoms with Gasteiger partial charge in [-0.25, -0.2) is 9.97 Å². The van der Waals surface area contributed by atoms with Crippen LogP contribution in [0.3, 0.4) is 0 Å². The number of thiazole rings is 1. The third-order valence-electron chi connectivity index (χ3n) is 2.60. The standard InChI is InChI=1S/C13H11N3OS/c1-17-11-7-6-10-13(16-11)18-12(15-10)8-2-4-9(14)5-3-8/h2-7H,14H2,1H3. The second-order valence-electron chi connectivity index (χ2n) is 3.82. The maximum Gasteiger partial charge on any atom is 0.214 e. The number of hydrogen-bond acceptors (Lipinski definition) is 5. The highest BCUT2D eigenvalue weighted by Crippen LogP contribution is 2.30. The Bertz CT molecular complexity index is 691. The van der Waals surface area contributed by atoms with E-state index in [1.54, 1.807) is 18.4 Å². The maximum atomic E-state index is 5.67. The molecule has 0 aliphatic carbocycles. The zero-order valence-corrected chi connectivity index (χ0v) is 10.6. The molecule has 0 aliphatic rings. The molecule has 0 saturated heterocycles. The first-order valence-electron chi connectivity index (χ1n) is 5.44. The van der Waals surface area contributed by atoms with Crippen LogP contribution >= 0.6 is 11.3 Å². The highest BCUT2D eigenvalue weighted by Gasteiger charge is 2.08. The quantitative estimate of drug-likeness (QED) is 0.717. The minimum Gasteiger partial charge on any atom is -0.481 e. The predicted molar refractivity (Wildman–Crippen MR) is 73.8 cm³/mol. The fourth-order valence-corrected chi connectivity index (χ4v) is 2.60. The van der Waals surface area contributed by atoms with Crippen LogP contribution in [-0.4, -0.2) is 17.1 Å². The number of ether oxygens (including phenoxy) is 1. The minimum atomic E-state index is 0.606. The van der Waals surface area contributed by atoms with E-state index in [0.29, 0.717) is 5.88 Å². The molecule has 0 spiro atoms. The van der Waals surface area contributed by atoms with Gasteiger partial charge >= 0.3 is 0 Å². The van der Waals surface area contributed by atoms with Crippen molar-refractivity contribution in [3.8, 4) is 16.5 Å². The first kappa shape index (κ1) is 11.0. The molecule has 0 amide bonds. The first-order valence-corrected chi connectivity index (χ1v) is 6.25. The van der Waals surface area contributed by atoms with Crippen LogP contribution in [0.25, 0.3) is 20.9 Å². The van der Waals surface area contributed by atoms with Gasteiger partial charge in [0.05, 0.1) is 7.11 Å². The molecule has 0 unspecified atom stereocenters. The van der Waals surface area contributed by atoms with Crippen LogP contribution in [0.15, 0.2) is 36.4 Å². The van der Waals surface area contributed by atoms with E-state index < -0.39 is 0 Å². The van der Waals surface area contributed by atoms with Crippen molar-refractivity contribution in [1.82, 2.24) is 9.97 Å². The average Bonchev–Trinajstić information content (AvgIpc) is 2.82. The lowest BCUT2D eigenvalue weighted by Crippen LogP contribution is -1.85. The molecule has 2 N–H and O–H groups in total. The normalized spacial score (nSPS) is 10.7. The van der Waals surface area contributed by atoms with Gasteiger partial charge in [-0.05, 0) is 30.3 Å². The van der Waals surface area contributed by atoms with E-state index in [1.807, 2.05) is 36.4 Å². The summed E-state index contributed by atoms with van der Waals surface area (Å²) >= 11 is 1.54. The summed E-state index contributed by atoms with van der Waals surface area (Å²) in [6.45, 7) is 0.